The van der Waals surface area contributed by atoms with Gasteiger partial charge in [0.1, 0.15) is 11.4 Å². The molecule has 3 N–H and O–H groups in total. The van der Waals surface area contributed by atoms with Crippen molar-refractivity contribution in [2.45, 2.75) is 13.3 Å². The number of aromatic amines is 1. The molecule has 0 saturated heterocycles. The van der Waals surface area contributed by atoms with Crippen LogP contribution in [0.15, 0.2) is 40.9 Å². The van der Waals surface area contributed by atoms with Crippen LogP contribution < -0.4 is 10.5 Å². The number of H-pyrrole nitrogens is 1. The van der Waals surface area contributed by atoms with Crippen molar-refractivity contribution < 1.29 is 13.5 Å². The van der Waals surface area contributed by atoms with Crippen molar-refractivity contribution in [2.24, 2.45) is 0 Å². The predicted octanol–water partition coefficient (Wildman–Crippen LogP) is 5.18. The molecule has 29 heavy (non-hydrogen) atoms. The highest BCUT2D eigenvalue weighted by Gasteiger charge is 2.19. The number of nitrogens with two attached hydrogens (primary N) is 1. The van der Waals surface area contributed by atoms with Crippen LogP contribution in [0.2, 0.25) is 10.0 Å². The first kappa shape index (κ1) is 19.2. The van der Waals surface area contributed by atoms with E-state index < -0.39 is 5.82 Å². The first-order valence-electron chi connectivity index (χ1n) is 8.44. The first-order valence-corrected chi connectivity index (χ1v) is 9.20. The second-order valence-electron chi connectivity index (χ2n) is 6.28. The molecule has 0 atom stereocenters. The van der Waals surface area contributed by atoms with E-state index in [4.69, 9.17) is 38.1 Å². The molecule has 2 aromatic heterocycles. The second kappa shape index (κ2) is 7.73. The summed E-state index contributed by atoms with van der Waals surface area (Å²) in [5.74, 6) is -0.0188. The van der Waals surface area contributed by atoms with Crippen molar-refractivity contribution in [3.8, 4) is 23.1 Å². The summed E-state index contributed by atoms with van der Waals surface area (Å²) in [6.07, 6.45) is 1.70. The van der Waals surface area contributed by atoms with Crippen LogP contribution in [0.3, 0.4) is 0 Å². The highest BCUT2D eigenvalue weighted by molar-refractivity contribution is 6.32. The fourth-order valence-corrected chi connectivity index (χ4v) is 3.13. The number of hydrogen-bond acceptors (Lipinski definition) is 6. The Hall–Kier alpha value is -3.10. The number of ether oxygens (including phenoxy) is 1. The van der Waals surface area contributed by atoms with E-state index in [0.717, 1.165) is 5.56 Å². The number of hydrogen-bond donors (Lipinski definition) is 2. The Kier molecular flexibility index (Phi) is 5.12. The fraction of sp³-hybridized carbons (Fsp3) is 0.105. The van der Waals surface area contributed by atoms with E-state index in [2.05, 4.69) is 20.4 Å². The Morgan fingerprint density at radius 1 is 1.21 bits per heavy atom. The maximum absolute atomic E-state index is 15.1. The number of nitrogens with zero attached hydrogens (tertiary/aromatic N) is 3. The van der Waals surface area contributed by atoms with E-state index in [1.807, 2.05) is 6.92 Å². The van der Waals surface area contributed by atoms with Gasteiger partial charge in [-0.1, -0.05) is 29.3 Å². The third-order valence-corrected chi connectivity index (χ3v) is 4.61. The topological polar surface area (TPSA) is 103 Å². The summed E-state index contributed by atoms with van der Waals surface area (Å²) in [7, 11) is 0. The maximum Gasteiger partial charge on any atom is 0.265 e. The third kappa shape index (κ3) is 4.03. The molecule has 0 spiro atoms. The molecule has 148 valence electrons. The van der Waals surface area contributed by atoms with Gasteiger partial charge in [0.25, 0.3) is 5.89 Å². The van der Waals surface area contributed by atoms with E-state index in [9.17, 15) is 0 Å². The van der Waals surface area contributed by atoms with Crippen molar-refractivity contribution in [3.05, 3.63) is 69.4 Å². The molecule has 0 aliphatic rings. The van der Waals surface area contributed by atoms with Crippen LogP contribution in [0.25, 0.3) is 11.6 Å². The maximum atomic E-state index is 15.1. The normalized spacial score (nSPS) is 11.0. The molecule has 4 rings (SSSR count). The molecule has 0 radical (unpaired) electrons. The van der Waals surface area contributed by atoms with Crippen molar-refractivity contribution in [1.29, 1.82) is 0 Å². The summed E-state index contributed by atoms with van der Waals surface area (Å²) in [5, 5.41) is 15.1. The number of nitrogen functional groups attached to an aromatic ring is 1. The third-order valence-electron chi connectivity index (χ3n) is 4.09. The van der Waals surface area contributed by atoms with E-state index in [1.165, 1.54) is 24.3 Å². The highest BCUT2D eigenvalue weighted by Crippen LogP contribution is 2.36. The smallest absolute Gasteiger partial charge is 0.265 e. The number of halogens is 3. The molecule has 0 aliphatic carbocycles. The van der Waals surface area contributed by atoms with Gasteiger partial charge in [0.15, 0.2) is 11.6 Å². The molecular formula is C19H14Cl2FN5O2. The Morgan fingerprint density at radius 2 is 2.03 bits per heavy atom. The molecule has 0 aliphatic heterocycles. The standard InChI is InChI=1S/C19H14Cl2FN5O2/c1-9-8-24-26-17(9)19-27-25-15(29-19)4-10-2-3-14(21)18(16(10)22)28-13-6-11(20)5-12(23)7-13/h2-3,5-8H,4,23H2,1H3,(H,24,26). The molecule has 0 saturated carbocycles. The molecule has 4 aromatic rings. The molecule has 2 heterocycles. The van der Waals surface area contributed by atoms with Crippen LogP contribution in [0, 0.1) is 12.7 Å². The first-order chi connectivity index (χ1) is 13.9. The largest absolute Gasteiger partial charge is 0.453 e. The lowest BCUT2D eigenvalue weighted by Crippen LogP contribution is -1.98. The molecule has 0 fully saturated rings. The Morgan fingerprint density at radius 3 is 2.76 bits per heavy atom. The molecular weight excluding hydrogens is 420 g/mol. The lowest BCUT2D eigenvalue weighted by Gasteiger charge is -2.12. The van der Waals surface area contributed by atoms with Crippen LogP contribution >= 0.6 is 23.2 Å². The van der Waals surface area contributed by atoms with Crippen LogP contribution in [0.4, 0.5) is 10.1 Å². The zero-order chi connectivity index (χ0) is 20.5. The van der Waals surface area contributed by atoms with Gasteiger partial charge < -0.3 is 14.9 Å². The average molecular weight is 434 g/mol. The lowest BCUT2D eigenvalue weighted by atomic mass is 10.1. The van der Waals surface area contributed by atoms with Gasteiger partial charge in [-0.15, -0.1) is 10.2 Å². The van der Waals surface area contributed by atoms with Crippen LogP contribution in [0.1, 0.15) is 17.0 Å². The average Bonchev–Trinajstić information content (AvgIpc) is 3.29. The Bertz CT molecular complexity index is 1170. The summed E-state index contributed by atoms with van der Waals surface area (Å²) in [6, 6.07) is 7.64. The van der Waals surface area contributed by atoms with E-state index in [1.54, 1.807) is 12.3 Å². The van der Waals surface area contributed by atoms with Crippen molar-refractivity contribution in [3.63, 3.8) is 0 Å². The van der Waals surface area contributed by atoms with Crippen molar-refractivity contribution in [2.75, 3.05) is 5.73 Å². The van der Waals surface area contributed by atoms with Gasteiger partial charge in [0.05, 0.1) is 17.6 Å². The summed E-state index contributed by atoms with van der Waals surface area (Å²) in [4.78, 5) is 0. The summed E-state index contributed by atoms with van der Waals surface area (Å²) >= 11 is 12.1. The Labute approximate surface area is 174 Å². The van der Waals surface area contributed by atoms with Gasteiger partial charge in [0.2, 0.25) is 5.89 Å². The van der Waals surface area contributed by atoms with Gasteiger partial charge >= 0.3 is 0 Å². The number of anilines is 1. The van der Waals surface area contributed by atoms with E-state index >= 15 is 4.39 Å². The minimum Gasteiger partial charge on any atom is -0.453 e. The Balaban J connectivity index is 1.62. The van der Waals surface area contributed by atoms with Crippen LogP contribution in [0.5, 0.6) is 11.5 Å². The number of benzene rings is 2. The summed E-state index contributed by atoms with van der Waals surface area (Å²) in [6.45, 7) is 1.85. The number of aryl methyl sites for hydroxylation is 1. The van der Waals surface area contributed by atoms with Gasteiger partial charge in [-0.25, -0.2) is 4.39 Å². The SMILES string of the molecule is Cc1cn[nH]c1-c1nnc(Cc2ccc(Cl)c(Oc3cc(N)cc(Cl)c3)c2F)o1. The minimum absolute atomic E-state index is 0.0528. The monoisotopic (exact) mass is 433 g/mol. The van der Waals surface area contributed by atoms with Crippen molar-refractivity contribution in [1.82, 2.24) is 20.4 Å². The van der Waals surface area contributed by atoms with Crippen LogP contribution in [-0.4, -0.2) is 20.4 Å². The number of aromatic nitrogens is 4. The molecule has 0 bridgehead atoms. The second-order valence-corrected chi connectivity index (χ2v) is 7.12. The molecule has 0 unspecified atom stereocenters. The summed E-state index contributed by atoms with van der Waals surface area (Å²) in [5.41, 5.74) is 7.87. The lowest BCUT2D eigenvalue weighted by molar-refractivity contribution is 0.437. The zero-order valence-electron chi connectivity index (χ0n) is 15.0. The van der Waals surface area contributed by atoms with Gasteiger partial charge in [-0.3, -0.25) is 5.10 Å². The quantitative estimate of drug-likeness (QED) is 0.420. The van der Waals surface area contributed by atoms with Crippen LogP contribution in [-0.2, 0) is 6.42 Å². The zero-order valence-corrected chi connectivity index (χ0v) is 16.6. The fourth-order valence-electron chi connectivity index (χ4n) is 2.72. The number of rotatable bonds is 5. The van der Waals surface area contributed by atoms with E-state index in [0.29, 0.717) is 16.4 Å². The molecule has 2 aromatic carbocycles. The number of nitrogens with one attached hydrogen (secondary N) is 1. The van der Waals surface area contributed by atoms with Gasteiger partial charge in [0, 0.05) is 22.3 Å². The highest BCUT2D eigenvalue weighted by atomic mass is 35.5. The summed E-state index contributed by atoms with van der Waals surface area (Å²) < 4.78 is 26.3. The van der Waals surface area contributed by atoms with Crippen molar-refractivity contribution >= 4 is 28.9 Å². The van der Waals surface area contributed by atoms with E-state index in [-0.39, 0.29) is 40.3 Å². The molecule has 0 amide bonds. The minimum atomic E-state index is -0.645. The predicted molar refractivity (Wildman–Crippen MR) is 107 cm³/mol. The van der Waals surface area contributed by atoms with Gasteiger partial charge in [-0.2, -0.15) is 5.10 Å². The molecule has 7 nitrogen and oxygen atoms in total. The van der Waals surface area contributed by atoms with Gasteiger partial charge in [-0.05, 0) is 30.7 Å². The molecule has 10 heteroatoms.